The molecule has 4 heteroatoms. The van der Waals surface area contributed by atoms with Crippen LogP contribution in [0.15, 0.2) is 59.8 Å². The number of hydrogen-bond acceptors (Lipinski definition) is 2. The summed E-state index contributed by atoms with van der Waals surface area (Å²) in [5.41, 5.74) is 3.94. The zero-order valence-corrected chi connectivity index (χ0v) is 14.6. The van der Waals surface area contributed by atoms with Gasteiger partial charge in [0.05, 0.1) is 0 Å². The highest BCUT2D eigenvalue weighted by Crippen LogP contribution is 2.43. The summed E-state index contributed by atoms with van der Waals surface area (Å²) in [5.74, 6) is -0.972. The van der Waals surface area contributed by atoms with E-state index in [0.29, 0.717) is 29.7 Å². The average Bonchev–Trinajstić information content (AvgIpc) is 2.61. The largest absolute Gasteiger partial charge is 0.329 e. The van der Waals surface area contributed by atoms with Crippen molar-refractivity contribution in [3.63, 3.8) is 0 Å². The van der Waals surface area contributed by atoms with Crippen LogP contribution in [0.2, 0.25) is 0 Å². The van der Waals surface area contributed by atoms with Gasteiger partial charge in [-0.3, -0.25) is 9.59 Å². The molecule has 26 heavy (non-hydrogen) atoms. The minimum absolute atomic E-state index is 0.00470. The molecule has 0 saturated heterocycles. The Hall–Kier alpha value is -2.75. The predicted molar refractivity (Wildman–Crippen MR) is 97.1 cm³/mol. The van der Waals surface area contributed by atoms with Gasteiger partial charge in [0, 0.05) is 30.0 Å². The van der Waals surface area contributed by atoms with E-state index in [4.69, 9.17) is 0 Å². The van der Waals surface area contributed by atoms with E-state index in [-0.39, 0.29) is 29.8 Å². The van der Waals surface area contributed by atoms with E-state index in [2.05, 4.69) is 5.32 Å². The van der Waals surface area contributed by atoms with Crippen LogP contribution in [0.3, 0.4) is 0 Å². The van der Waals surface area contributed by atoms with Crippen LogP contribution < -0.4 is 5.32 Å². The van der Waals surface area contributed by atoms with Crippen molar-refractivity contribution in [2.45, 2.75) is 38.0 Å². The van der Waals surface area contributed by atoms with Gasteiger partial charge in [-0.2, -0.15) is 0 Å². The fourth-order valence-electron chi connectivity index (χ4n) is 4.06. The van der Waals surface area contributed by atoms with Crippen LogP contribution in [0.4, 0.5) is 4.39 Å². The molecule has 0 aromatic heterocycles. The van der Waals surface area contributed by atoms with E-state index < -0.39 is 5.92 Å². The van der Waals surface area contributed by atoms with Gasteiger partial charge in [0.2, 0.25) is 5.91 Å². The Morgan fingerprint density at radius 1 is 0.962 bits per heavy atom. The maximum absolute atomic E-state index is 14.3. The van der Waals surface area contributed by atoms with Gasteiger partial charge in [0.1, 0.15) is 5.82 Å². The maximum atomic E-state index is 14.3. The normalized spacial score (nSPS) is 22.8. The van der Waals surface area contributed by atoms with Gasteiger partial charge in [-0.25, -0.2) is 4.39 Å². The standard InChI is InChI=1S/C22H20FNO2/c1-13-6-8-14(9-7-13)15-10-19-22(20(25)11-15)17(12-21(26)24-19)16-4-2-3-5-18(16)23/h2-9,15,17H,10-12H2,1H3,(H,24,26). The lowest BCUT2D eigenvalue weighted by atomic mass is 9.73. The number of benzene rings is 2. The third-order valence-corrected chi connectivity index (χ3v) is 5.37. The van der Waals surface area contributed by atoms with Gasteiger partial charge in [-0.1, -0.05) is 48.0 Å². The molecule has 0 radical (unpaired) electrons. The summed E-state index contributed by atoms with van der Waals surface area (Å²) in [5, 5.41) is 2.88. The number of ketones is 1. The lowest BCUT2D eigenvalue weighted by Gasteiger charge is -2.34. The van der Waals surface area contributed by atoms with Crippen molar-refractivity contribution in [2.24, 2.45) is 0 Å². The molecule has 0 bridgehead atoms. The summed E-state index contributed by atoms with van der Waals surface area (Å²) in [6.45, 7) is 2.02. The van der Waals surface area contributed by atoms with Gasteiger partial charge in [0.25, 0.3) is 0 Å². The van der Waals surface area contributed by atoms with Gasteiger partial charge in [0.15, 0.2) is 5.78 Å². The monoisotopic (exact) mass is 349 g/mol. The first-order chi connectivity index (χ1) is 12.5. The van der Waals surface area contributed by atoms with Crippen LogP contribution in [-0.4, -0.2) is 11.7 Å². The first-order valence-corrected chi connectivity index (χ1v) is 8.90. The molecule has 2 aliphatic rings. The molecule has 2 aromatic rings. The number of Topliss-reactive ketones (excluding diaryl/α,β-unsaturated/α-hetero) is 1. The number of carbonyl (C=O) groups excluding carboxylic acids is 2. The highest BCUT2D eigenvalue weighted by atomic mass is 19.1. The average molecular weight is 349 g/mol. The summed E-state index contributed by atoms with van der Waals surface area (Å²) >= 11 is 0. The molecular formula is C22H20FNO2. The Morgan fingerprint density at radius 3 is 2.42 bits per heavy atom. The summed E-state index contributed by atoms with van der Waals surface area (Å²) < 4.78 is 14.3. The van der Waals surface area contributed by atoms with Gasteiger partial charge in [-0.05, 0) is 36.5 Å². The fraction of sp³-hybridized carbons (Fsp3) is 0.273. The second-order valence-electron chi connectivity index (χ2n) is 7.16. The molecule has 0 fully saturated rings. The molecule has 2 aromatic carbocycles. The van der Waals surface area contributed by atoms with Crippen molar-refractivity contribution in [1.29, 1.82) is 0 Å². The van der Waals surface area contributed by atoms with E-state index in [1.54, 1.807) is 18.2 Å². The van der Waals surface area contributed by atoms with E-state index >= 15 is 0 Å². The number of aryl methyl sites for hydroxylation is 1. The molecule has 1 heterocycles. The smallest absolute Gasteiger partial charge is 0.225 e. The molecule has 0 spiro atoms. The van der Waals surface area contributed by atoms with Crippen LogP contribution in [0, 0.1) is 12.7 Å². The van der Waals surface area contributed by atoms with Crippen molar-refractivity contribution in [3.8, 4) is 0 Å². The van der Waals surface area contributed by atoms with Crippen LogP contribution >= 0.6 is 0 Å². The highest BCUT2D eigenvalue weighted by Gasteiger charge is 2.38. The quantitative estimate of drug-likeness (QED) is 0.886. The molecule has 2 atom stereocenters. The summed E-state index contributed by atoms with van der Waals surface area (Å²) in [6.07, 6.45) is 1.10. The molecule has 4 rings (SSSR count). The lowest BCUT2D eigenvalue weighted by Crippen LogP contribution is -2.38. The molecule has 1 aliphatic heterocycles. The van der Waals surface area contributed by atoms with Crippen LogP contribution in [0.1, 0.15) is 47.8 Å². The second kappa shape index (κ2) is 6.52. The molecule has 0 saturated carbocycles. The highest BCUT2D eigenvalue weighted by molar-refractivity contribution is 6.02. The first-order valence-electron chi connectivity index (χ1n) is 8.90. The Balaban J connectivity index is 1.73. The van der Waals surface area contributed by atoms with E-state index in [1.165, 1.54) is 11.6 Å². The number of halogens is 1. The zero-order valence-electron chi connectivity index (χ0n) is 14.6. The molecule has 132 valence electrons. The summed E-state index contributed by atoms with van der Waals surface area (Å²) in [7, 11) is 0. The third-order valence-electron chi connectivity index (χ3n) is 5.37. The second-order valence-corrected chi connectivity index (χ2v) is 7.16. The van der Waals surface area contributed by atoms with Gasteiger partial charge in [-0.15, -0.1) is 0 Å². The number of allylic oxidation sites excluding steroid dienone is 2. The molecule has 2 unspecified atom stereocenters. The molecular weight excluding hydrogens is 329 g/mol. The Bertz CT molecular complexity index is 914. The predicted octanol–water partition coefficient (Wildman–Crippen LogP) is 4.14. The van der Waals surface area contributed by atoms with Crippen molar-refractivity contribution in [2.75, 3.05) is 0 Å². The molecule has 1 amide bonds. The Labute approximate surface area is 151 Å². The topological polar surface area (TPSA) is 46.2 Å². The van der Waals surface area contributed by atoms with Crippen molar-refractivity contribution >= 4 is 11.7 Å². The minimum Gasteiger partial charge on any atom is -0.329 e. The molecule has 3 nitrogen and oxygen atoms in total. The van der Waals surface area contributed by atoms with Crippen molar-refractivity contribution in [3.05, 3.63) is 82.3 Å². The number of hydrogen-bond donors (Lipinski definition) is 1. The Kier molecular flexibility index (Phi) is 4.19. The number of amides is 1. The lowest BCUT2D eigenvalue weighted by molar-refractivity contribution is -0.122. The first kappa shape index (κ1) is 16.7. The number of rotatable bonds is 2. The van der Waals surface area contributed by atoms with E-state index in [9.17, 15) is 14.0 Å². The summed E-state index contributed by atoms with van der Waals surface area (Å²) in [4.78, 5) is 25.2. The van der Waals surface area contributed by atoms with Gasteiger partial charge >= 0.3 is 0 Å². The van der Waals surface area contributed by atoms with E-state index in [0.717, 1.165) is 5.56 Å². The van der Waals surface area contributed by atoms with Gasteiger partial charge < -0.3 is 5.32 Å². The van der Waals surface area contributed by atoms with Crippen LogP contribution in [0.25, 0.3) is 0 Å². The number of carbonyl (C=O) groups is 2. The minimum atomic E-state index is -0.494. The zero-order chi connectivity index (χ0) is 18.3. The third kappa shape index (κ3) is 2.96. The summed E-state index contributed by atoms with van der Waals surface area (Å²) in [6, 6.07) is 14.6. The van der Waals surface area contributed by atoms with Crippen molar-refractivity contribution < 1.29 is 14.0 Å². The SMILES string of the molecule is Cc1ccc(C2CC(=O)C3=C(C2)NC(=O)CC3c2ccccc2F)cc1. The number of nitrogens with one attached hydrogen (secondary N) is 1. The molecule has 1 N–H and O–H groups in total. The Morgan fingerprint density at radius 2 is 1.69 bits per heavy atom. The fourth-order valence-corrected chi connectivity index (χ4v) is 4.06. The van der Waals surface area contributed by atoms with Crippen molar-refractivity contribution in [1.82, 2.24) is 5.32 Å². The van der Waals surface area contributed by atoms with Crippen LogP contribution in [-0.2, 0) is 9.59 Å². The maximum Gasteiger partial charge on any atom is 0.225 e. The van der Waals surface area contributed by atoms with Crippen LogP contribution in [0.5, 0.6) is 0 Å². The van der Waals surface area contributed by atoms with E-state index in [1.807, 2.05) is 31.2 Å². The molecule has 1 aliphatic carbocycles.